The molecule has 0 radical (unpaired) electrons. The Morgan fingerprint density at radius 1 is 1.09 bits per heavy atom. The van der Waals surface area contributed by atoms with Gasteiger partial charge in [0.25, 0.3) is 0 Å². The van der Waals surface area contributed by atoms with Gasteiger partial charge in [-0.2, -0.15) is 0 Å². The first kappa shape index (κ1) is 17.0. The number of piperidine rings is 1. The van der Waals surface area contributed by atoms with Crippen LogP contribution in [0.2, 0.25) is 0 Å². The van der Waals surface area contributed by atoms with E-state index >= 15 is 0 Å². The molecular weight excluding hydrogens is 274 g/mol. The van der Waals surface area contributed by atoms with Crippen LogP contribution in [0.1, 0.15) is 51.0 Å². The number of Topliss-reactive ketones (excluding diaryl/α,β-unsaturated/α-hetero) is 1. The molecule has 1 saturated heterocycles. The Hall–Kier alpha value is -1.35. The van der Waals surface area contributed by atoms with E-state index in [4.69, 9.17) is 4.74 Å². The largest absolute Gasteiger partial charge is 0.494 e. The summed E-state index contributed by atoms with van der Waals surface area (Å²) in [5, 5.41) is 0. The number of carbonyl (C=O) groups is 1. The Bertz CT molecular complexity index is 435. The maximum Gasteiger partial charge on any atom is 0.130 e. The van der Waals surface area contributed by atoms with Gasteiger partial charge >= 0.3 is 0 Å². The summed E-state index contributed by atoms with van der Waals surface area (Å²) in [7, 11) is 0. The molecule has 0 unspecified atom stereocenters. The predicted molar refractivity (Wildman–Crippen MR) is 90.5 cm³/mol. The first-order chi connectivity index (χ1) is 10.7. The van der Waals surface area contributed by atoms with E-state index in [2.05, 4.69) is 17.0 Å². The number of likely N-dealkylation sites (tertiary alicyclic amines) is 1. The summed E-state index contributed by atoms with van der Waals surface area (Å²) in [6, 6.07) is 8.15. The zero-order chi connectivity index (χ0) is 15.6. The molecule has 0 bridgehead atoms. The van der Waals surface area contributed by atoms with Crippen molar-refractivity contribution in [3.05, 3.63) is 29.8 Å². The Labute approximate surface area is 134 Å². The van der Waals surface area contributed by atoms with Crippen molar-refractivity contribution in [3.8, 4) is 5.75 Å². The Morgan fingerprint density at radius 2 is 1.82 bits per heavy atom. The van der Waals surface area contributed by atoms with Crippen LogP contribution in [0, 0.1) is 0 Å². The van der Waals surface area contributed by atoms with Gasteiger partial charge in [-0.25, -0.2) is 0 Å². The summed E-state index contributed by atoms with van der Waals surface area (Å²) in [6.07, 6.45) is 7.92. The quantitative estimate of drug-likeness (QED) is 0.649. The van der Waals surface area contributed by atoms with E-state index in [9.17, 15) is 4.79 Å². The van der Waals surface area contributed by atoms with E-state index in [0.29, 0.717) is 6.42 Å². The van der Waals surface area contributed by atoms with Crippen LogP contribution in [0.4, 0.5) is 0 Å². The van der Waals surface area contributed by atoms with Crippen LogP contribution in [0.5, 0.6) is 5.75 Å². The molecule has 1 aliphatic heterocycles. The highest BCUT2D eigenvalue weighted by Crippen LogP contribution is 2.14. The number of hydrogen-bond donors (Lipinski definition) is 0. The number of carbonyl (C=O) groups excluding carboxylic acids is 1. The zero-order valence-corrected chi connectivity index (χ0v) is 13.9. The molecule has 122 valence electrons. The molecule has 0 aliphatic carbocycles. The molecule has 3 nitrogen and oxygen atoms in total. The van der Waals surface area contributed by atoms with Gasteiger partial charge in [-0.1, -0.05) is 18.6 Å². The molecule has 0 N–H and O–H groups in total. The number of ketones is 1. The maximum atomic E-state index is 11.0. The molecule has 0 atom stereocenters. The van der Waals surface area contributed by atoms with Gasteiger partial charge in [-0.05, 0) is 76.4 Å². The molecule has 1 heterocycles. The lowest BCUT2D eigenvalue weighted by Crippen LogP contribution is -2.30. The van der Waals surface area contributed by atoms with Crippen molar-refractivity contribution in [2.75, 3.05) is 26.2 Å². The minimum atomic E-state index is 0.244. The fraction of sp³-hybridized carbons (Fsp3) is 0.632. The highest BCUT2D eigenvalue weighted by Gasteiger charge is 2.08. The average Bonchev–Trinajstić information content (AvgIpc) is 2.54. The minimum Gasteiger partial charge on any atom is -0.494 e. The highest BCUT2D eigenvalue weighted by atomic mass is 16.5. The van der Waals surface area contributed by atoms with Gasteiger partial charge in [0.15, 0.2) is 0 Å². The summed E-state index contributed by atoms with van der Waals surface area (Å²) in [5.41, 5.74) is 1.20. The van der Waals surface area contributed by atoms with E-state index in [1.807, 2.05) is 12.1 Å². The summed E-state index contributed by atoms with van der Waals surface area (Å²) >= 11 is 0. The fourth-order valence-corrected chi connectivity index (χ4v) is 2.88. The summed E-state index contributed by atoms with van der Waals surface area (Å²) in [5.74, 6) is 1.18. The predicted octanol–water partition coefficient (Wildman–Crippen LogP) is 3.85. The molecule has 22 heavy (non-hydrogen) atoms. The number of aryl methyl sites for hydroxylation is 1. The normalized spacial score (nSPS) is 15.7. The number of hydrogen-bond acceptors (Lipinski definition) is 3. The van der Waals surface area contributed by atoms with Crippen molar-refractivity contribution in [2.45, 2.75) is 51.9 Å². The fourth-order valence-electron chi connectivity index (χ4n) is 2.88. The molecule has 0 spiro atoms. The van der Waals surface area contributed by atoms with Gasteiger partial charge in [-0.15, -0.1) is 0 Å². The number of unbranched alkanes of at least 4 members (excludes halogenated alkanes) is 1. The summed E-state index contributed by atoms with van der Waals surface area (Å²) in [4.78, 5) is 13.5. The van der Waals surface area contributed by atoms with Gasteiger partial charge in [0.1, 0.15) is 11.5 Å². The number of rotatable bonds is 9. The average molecular weight is 303 g/mol. The van der Waals surface area contributed by atoms with E-state index < -0.39 is 0 Å². The van der Waals surface area contributed by atoms with Gasteiger partial charge in [0, 0.05) is 6.42 Å². The molecule has 0 aromatic heterocycles. The van der Waals surface area contributed by atoms with Crippen LogP contribution >= 0.6 is 0 Å². The molecule has 0 amide bonds. The first-order valence-corrected chi connectivity index (χ1v) is 8.67. The van der Waals surface area contributed by atoms with E-state index in [1.54, 1.807) is 6.92 Å². The third kappa shape index (κ3) is 6.61. The standard InChI is InChI=1S/C19H29NO2/c1-17(21)7-8-18-9-11-19(12-10-18)22-16-6-5-15-20-13-3-2-4-14-20/h9-12H,2-8,13-16H2,1H3. The smallest absolute Gasteiger partial charge is 0.130 e. The molecule has 1 aliphatic rings. The molecular formula is C19H29NO2. The van der Waals surface area contributed by atoms with Gasteiger partial charge in [-0.3, -0.25) is 0 Å². The molecule has 1 aromatic carbocycles. The summed E-state index contributed by atoms with van der Waals surface area (Å²) < 4.78 is 5.79. The zero-order valence-electron chi connectivity index (χ0n) is 13.9. The van der Waals surface area contributed by atoms with E-state index in [0.717, 1.165) is 25.2 Å². The number of nitrogens with zero attached hydrogens (tertiary/aromatic N) is 1. The summed E-state index contributed by atoms with van der Waals surface area (Å²) in [6.45, 7) is 6.21. The Morgan fingerprint density at radius 3 is 2.50 bits per heavy atom. The minimum absolute atomic E-state index is 0.244. The van der Waals surface area contributed by atoms with Crippen molar-refractivity contribution in [1.29, 1.82) is 0 Å². The topological polar surface area (TPSA) is 29.5 Å². The van der Waals surface area contributed by atoms with Crippen molar-refractivity contribution >= 4 is 5.78 Å². The number of benzene rings is 1. The van der Waals surface area contributed by atoms with Crippen LogP contribution in [0.15, 0.2) is 24.3 Å². The van der Waals surface area contributed by atoms with Crippen molar-refractivity contribution in [3.63, 3.8) is 0 Å². The Kier molecular flexibility index (Phi) is 7.44. The van der Waals surface area contributed by atoms with Crippen LogP contribution in [0.3, 0.4) is 0 Å². The van der Waals surface area contributed by atoms with Gasteiger partial charge < -0.3 is 14.4 Å². The van der Waals surface area contributed by atoms with E-state index in [1.165, 1.54) is 50.9 Å². The van der Waals surface area contributed by atoms with Gasteiger partial charge in [0.2, 0.25) is 0 Å². The number of ether oxygens (including phenoxy) is 1. The lowest BCUT2D eigenvalue weighted by molar-refractivity contribution is -0.116. The SMILES string of the molecule is CC(=O)CCc1ccc(OCCCCN2CCCCC2)cc1. The molecule has 1 fully saturated rings. The van der Waals surface area contributed by atoms with Crippen LogP contribution in [-0.2, 0) is 11.2 Å². The Balaban J connectivity index is 1.57. The lowest BCUT2D eigenvalue weighted by Gasteiger charge is -2.26. The van der Waals surface area contributed by atoms with Crippen LogP contribution in [0.25, 0.3) is 0 Å². The van der Waals surface area contributed by atoms with Crippen molar-refractivity contribution in [2.24, 2.45) is 0 Å². The second kappa shape index (κ2) is 9.62. The first-order valence-electron chi connectivity index (χ1n) is 8.67. The van der Waals surface area contributed by atoms with Gasteiger partial charge in [0.05, 0.1) is 6.61 Å². The molecule has 3 heteroatoms. The molecule has 0 saturated carbocycles. The van der Waals surface area contributed by atoms with E-state index in [-0.39, 0.29) is 5.78 Å². The second-order valence-corrected chi connectivity index (χ2v) is 6.30. The monoisotopic (exact) mass is 303 g/mol. The van der Waals surface area contributed by atoms with Crippen molar-refractivity contribution < 1.29 is 9.53 Å². The highest BCUT2D eigenvalue weighted by molar-refractivity contribution is 5.75. The van der Waals surface area contributed by atoms with Crippen molar-refractivity contribution in [1.82, 2.24) is 4.90 Å². The third-order valence-corrected chi connectivity index (χ3v) is 4.28. The second-order valence-electron chi connectivity index (χ2n) is 6.30. The third-order valence-electron chi connectivity index (χ3n) is 4.28. The molecule has 2 rings (SSSR count). The van der Waals surface area contributed by atoms with Crippen LogP contribution in [-0.4, -0.2) is 36.9 Å². The maximum absolute atomic E-state index is 11.0. The lowest BCUT2D eigenvalue weighted by atomic mass is 10.1. The molecule has 1 aromatic rings. The van der Waals surface area contributed by atoms with Crippen LogP contribution < -0.4 is 4.74 Å².